The normalized spacial score (nSPS) is 16.8. The maximum Gasteiger partial charge on any atom is 0.331 e. The van der Waals surface area contributed by atoms with Crippen LogP contribution in [0.15, 0.2) is 23.4 Å². The predicted molar refractivity (Wildman–Crippen MR) is 51.9 cm³/mol. The van der Waals surface area contributed by atoms with Crippen LogP contribution in [0.4, 0.5) is 0 Å². The molecule has 0 aromatic heterocycles. The number of rotatable bonds is 1. The molecule has 0 aliphatic heterocycles. The van der Waals surface area contributed by atoms with E-state index in [4.69, 9.17) is 0 Å². The summed E-state index contributed by atoms with van der Waals surface area (Å²) in [4.78, 5) is 15.2. The number of fused-ring (bicyclic) bond motifs is 1. The first-order valence-corrected chi connectivity index (χ1v) is 4.51. The lowest BCUT2D eigenvalue weighted by molar-refractivity contribution is -0.140. The van der Waals surface area contributed by atoms with Gasteiger partial charge in [0.15, 0.2) is 0 Å². The quantitative estimate of drug-likeness (QED) is 0.497. The van der Waals surface area contributed by atoms with E-state index in [1.807, 2.05) is 18.2 Å². The summed E-state index contributed by atoms with van der Waals surface area (Å²) in [6, 6.07) is 8.76. The van der Waals surface area contributed by atoms with Gasteiger partial charge < -0.3 is 4.84 Å². The summed E-state index contributed by atoms with van der Waals surface area (Å²) in [5.74, 6) is -0.381. The zero-order valence-electron chi connectivity index (χ0n) is 7.91. The molecule has 14 heavy (non-hydrogen) atoms. The topological polar surface area (TPSA) is 38.7 Å². The van der Waals surface area contributed by atoms with Crippen molar-refractivity contribution in [2.24, 2.45) is 5.16 Å². The Morgan fingerprint density at radius 3 is 3.21 bits per heavy atom. The highest BCUT2D eigenvalue weighted by Crippen LogP contribution is 2.21. The van der Waals surface area contributed by atoms with Crippen molar-refractivity contribution in [3.8, 4) is 0 Å². The Bertz CT molecular complexity index is 396. The molecule has 0 unspecified atom stereocenters. The number of oxime groups is 1. The maximum absolute atomic E-state index is 10.6. The second-order valence-electron chi connectivity index (χ2n) is 3.20. The number of hydrogen-bond acceptors (Lipinski definition) is 3. The Morgan fingerprint density at radius 2 is 2.43 bits per heavy atom. The molecular weight excluding hydrogens is 178 g/mol. The highest BCUT2D eigenvalue weighted by Gasteiger charge is 2.17. The van der Waals surface area contributed by atoms with Crippen LogP contribution < -0.4 is 0 Å². The number of benzene rings is 1. The smallest absolute Gasteiger partial charge is 0.318 e. The third-order valence-electron chi connectivity index (χ3n) is 2.18. The van der Waals surface area contributed by atoms with Crippen molar-refractivity contribution < 1.29 is 9.63 Å². The van der Waals surface area contributed by atoms with Gasteiger partial charge >= 0.3 is 5.97 Å². The molecule has 1 radical (unpaired) electrons. The van der Waals surface area contributed by atoms with E-state index in [9.17, 15) is 4.79 Å². The molecule has 71 valence electrons. The summed E-state index contributed by atoms with van der Waals surface area (Å²) >= 11 is 0. The van der Waals surface area contributed by atoms with Gasteiger partial charge in [-0.25, -0.2) is 4.79 Å². The van der Waals surface area contributed by atoms with Crippen LogP contribution in [-0.4, -0.2) is 11.7 Å². The number of nitrogens with zero attached hydrogens (tertiary/aromatic N) is 1. The molecular formula is C11H10NO2. The van der Waals surface area contributed by atoms with E-state index in [0.29, 0.717) is 0 Å². The zero-order chi connectivity index (χ0) is 9.97. The number of hydrogen-bond donors (Lipinski definition) is 0. The third-order valence-corrected chi connectivity index (χ3v) is 2.18. The summed E-state index contributed by atoms with van der Waals surface area (Å²) in [7, 11) is 0. The minimum Gasteiger partial charge on any atom is -0.318 e. The van der Waals surface area contributed by atoms with Gasteiger partial charge in [-0.3, -0.25) is 0 Å². The van der Waals surface area contributed by atoms with Gasteiger partial charge in [-0.05, 0) is 24.5 Å². The van der Waals surface area contributed by atoms with E-state index < -0.39 is 0 Å². The first kappa shape index (κ1) is 8.94. The first-order valence-electron chi connectivity index (χ1n) is 4.51. The molecule has 0 saturated heterocycles. The van der Waals surface area contributed by atoms with Crippen molar-refractivity contribution in [3.05, 3.63) is 35.4 Å². The summed E-state index contributed by atoms with van der Waals surface area (Å²) in [6.07, 6.45) is 1.78. The van der Waals surface area contributed by atoms with Gasteiger partial charge in [0.1, 0.15) is 0 Å². The summed E-state index contributed by atoms with van der Waals surface area (Å²) in [5, 5.41) is 3.82. The van der Waals surface area contributed by atoms with Crippen molar-refractivity contribution in [2.75, 3.05) is 0 Å². The Balaban J connectivity index is 2.26. The largest absolute Gasteiger partial charge is 0.331 e. The highest BCUT2D eigenvalue weighted by molar-refractivity contribution is 6.04. The fourth-order valence-corrected chi connectivity index (χ4v) is 1.56. The summed E-state index contributed by atoms with van der Waals surface area (Å²) < 4.78 is 0. The zero-order valence-corrected chi connectivity index (χ0v) is 7.91. The van der Waals surface area contributed by atoms with Crippen molar-refractivity contribution in [2.45, 2.75) is 19.8 Å². The molecule has 0 fully saturated rings. The molecule has 0 heterocycles. The van der Waals surface area contributed by atoms with Crippen LogP contribution in [0.2, 0.25) is 0 Å². The third kappa shape index (κ3) is 1.66. The van der Waals surface area contributed by atoms with E-state index in [-0.39, 0.29) is 5.97 Å². The standard InChI is InChI=1S/C11H10NO2/c1-8(13)14-12-11-7-6-9-4-2-3-5-10(9)11/h3-5H,6-7H2,1H3/b12-11+. The second-order valence-corrected chi connectivity index (χ2v) is 3.20. The van der Waals surface area contributed by atoms with Gasteiger partial charge in [0.25, 0.3) is 0 Å². The molecule has 0 amide bonds. The van der Waals surface area contributed by atoms with Gasteiger partial charge in [-0.1, -0.05) is 23.4 Å². The maximum atomic E-state index is 10.6. The van der Waals surface area contributed by atoms with E-state index in [0.717, 1.165) is 24.1 Å². The lowest BCUT2D eigenvalue weighted by Crippen LogP contribution is -1.99. The minimum absolute atomic E-state index is 0.381. The molecule has 0 atom stereocenters. The van der Waals surface area contributed by atoms with E-state index in [1.165, 1.54) is 12.5 Å². The lowest BCUT2D eigenvalue weighted by Gasteiger charge is -1.97. The Morgan fingerprint density at radius 1 is 1.57 bits per heavy atom. The van der Waals surface area contributed by atoms with Crippen molar-refractivity contribution in [3.63, 3.8) is 0 Å². The SMILES string of the molecule is CC(=O)O/N=C1\CCc2c[c]ccc21. The van der Waals surface area contributed by atoms with E-state index in [2.05, 4.69) is 16.1 Å². The monoisotopic (exact) mass is 188 g/mol. The Labute approximate surface area is 82.4 Å². The number of carbonyl (C=O) groups excluding carboxylic acids is 1. The van der Waals surface area contributed by atoms with E-state index in [1.54, 1.807) is 0 Å². The van der Waals surface area contributed by atoms with Crippen LogP contribution in [0.3, 0.4) is 0 Å². The van der Waals surface area contributed by atoms with Crippen LogP contribution in [0.5, 0.6) is 0 Å². The van der Waals surface area contributed by atoms with Crippen molar-refractivity contribution in [1.82, 2.24) is 0 Å². The lowest BCUT2D eigenvalue weighted by atomic mass is 10.1. The molecule has 1 aromatic carbocycles. The fraction of sp³-hybridized carbons (Fsp3) is 0.273. The average molecular weight is 188 g/mol. The highest BCUT2D eigenvalue weighted by atomic mass is 16.7. The number of carbonyl (C=O) groups is 1. The van der Waals surface area contributed by atoms with Crippen LogP contribution in [-0.2, 0) is 16.1 Å². The molecule has 0 saturated carbocycles. The molecule has 0 spiro atoms. The fourth-order valence-electron chi connectivity index (χ4n) is 1.56. The molecule has 2 rings (SSSR count). The van der Waals surface area contributed by atoms with Crippen LogP contribution in [0, 0.1) is 6.07 Å². The molecule has 1 aliphatic rings. The van der Waals surface area contributed by atoms with Crippen molar-refractivity contribution in [1.29, 1.82) is 0 Å². The molecule has 1 aromatic rings. The van der Waals surface area contributed by atoms with Gasteiger partial charge in [0.05, 0.1) is 5.71 Å². The Kier molecular flexibility index (Phi) is 2.31. The summed E-state index contributed by atoms with van der Waals surface area (Å²) in [5.41, 5.74) is 3.15. The van der Waals surface area contributed by atoms with Crippen LogP contribution in [0.25, 0.3) is 0 Å². The summed E-state index contributed by atoms with van der Waals surface area (Å²) in [6.45, 7) is 1.35. The van der Waals surface area contributed by atoms with Gasteiger partial charge in [-0.2, -0.15) is 0 Å². The van der Waals surface area contributed by atoms with Crippen LogP contribution >= 0.6 is 0 Å². The van der Waals surface area contributed by atoms with Gasteiger partial charge in [-0.15, -0.1) is 0 Å². The predicted octanol–water partition coefficient (Wildman–Crippen LogP) is 1.70. The second kappa shape index (κ2) is 3.62. The molecule has 3 heteroatoms. The van der Waals surface area contributed by atoms with E-state index >= 15 is 0 Å². The van der Waals surface area contributed by atoms with Crippen LogP contribution in [0.1, 0.15) is 24.5 Å². The molecule has 3 nitrogen and oxygen atoms in total. The first-order chi connectivity index (χ1) is 6.77. The van der Waals surface area contributed by atoms with Gasteiger partial charge in [0.2, 0.25) is 0 Å². The molecule has 0 bridgehead atoms. The molecule has 1 aliphatic carbocycles. The number of aryl methyl sites for hydroxylation is 1. The van der Waals surface area contributed by atoms with Gasteiger partial charge in [0, 0.05) is 12.5 Å². The average Bonchev–Trinajstić information content (AvgIpc) is 2.58. The Hall–Kier alpha value is -1.64. The van der Waals surface area contributed by atoms with Crippen molar-refractivity contribution >= 4 is 11.7 Å². The minimum atomic E-state index is -0.381. The molecule has 0 N–H and O–H groups in total.